The summed E-state index contributed by atoms with van der Waals surface area (Å²) in [6, 6.07) is 18.6. The molecule has 9 rings (SSSR count). The highest BCUT2D eigenvalue weighted by Crippen LogP contribution is 2.45. The fraction of sp³-hybridized carbons (Fsp3) is 0. The minimum absolute atomic E-state index is 0.0111. The van der Waals surface area contributed by atoms with Gasteiger partial charge in [0.15, 0.2) is 0 Å². The molecule has 0 amide bonds. The molecule has 0 aliphatic rings. The predicted molar refractivity (Wildman–Crippen MR) is 190 cm³/mol. The van der Waals surface area contributed by atoms with E-state index in [1.165, 1.54) is 0 Å². The zero-order valence-electron chi connectivity index (χ0n) is 37.5. The standard InChI is InChI=1S/C44H28O/c1-3-12-29(13-4-1)30-22-24-32(25-23-30)42-36-16-7-9-18-38(36)43(39-19-10-8-17-37(39)42)33-26-27-35-40-21-11-20-34(31-14-5-2-6-15-31)44(40)45-41(35)28-33/h1-28H/i1D,2D,3D,4D,5D,6D,12D,13D,14D,15D,22D,23D,24D,25D. The van der Waals surface area contributed by atoms with Gasteiger partial charge in [-0.2, -0.15) is 0 Å². The van der Waals surface area contributed by atoms with Crippen LogP contribution in [0.2, 0.25) is 0 Å². The fourth-order valence-corrected chi connectivity index (χ4v) is 6.18. The third kappa shape index (κ3) is 4.17. The number of para-hydroxylation sites is 1. The van der Waals surface area contributed by atoms with Gasteiger partial charge >= 0.3 is 0 Å². The Kier molecular flexibility index (Phi) is 3.50. The second-order valence-corrected chi connectivity index (χ2v) is 10.6. The lowest BCUT2D eigenvalue weighted by Crippen LogP contribution is -1.91. The van der Waals surface area contributed by atoms with E-state index in [0.29, 0.717) is 38.5 Å². The molecule has 8 aromatic carbocycles. The van der Waals surface area contributed by atoms with Crippen LogP contribution in [0.1, 0.15) is 19.2 Å². The lowest BCUT2D eigenvalue weighted by Gasteiger charge is -2.18. The van der Waals surface area contributed by atoms with E-state index < -0.39 is 78.1 Å². The summed E-state index contributed by atoms with van der Waals surface area (Å²) in [4.78, 5) is 0. The monoisotopic (exact) mass is 586 g/mol. The molecule has 1 heterocycles. The highest BCUT2D eigenvalue weighted by Gasteiger charge is 2.18. The van der Waals surface area contributed by atoms with E-state index in [9.17, 15) is 2.74 Å². The molecule has 45 heavy (non-hydrogen) atoms. The zero-order valence-corrected chi connectivity index (χ0v) is 23.5. The predicted octanol–water partition coefficient (Wildman–Crippen LogP) is 12.6. The summed E-state index contributed by atoms with van der Waals surface area (Å²) in [5.74, 6) is 0. The molecule has 0 atom stereocenters. The summed E-state index contributed by atoms with van der Waals surface area (Å²) in [5, 5.41) is 4.12. The van der Waals surface area contributed by atoms with Gasteiger partial charge in [-0.25, -0.2) is 0 Å². The lowest BCUT2D eigenvalue weighted by molar-refractivity contribution is 0.670. The van der Waals surface area contributed by atoms with E-state index in [1.807, 2.05) is 72.8 Å². The third-order valence-electron chi connectivity index (χ3n) is 8.11. The second-order valence-electron chi connectivity index (χ2n) is 10.6. The van der Waals surface area contributed by atoms with Gasteiger partial charge in [-0.3, -0.25) is 0 Å². The summed E-state index contributed by atoms with van der Waals surface area (Å²) in [6.07, 6.45) is 0. The van der Waals surface area contributed by atoms with Crippen molar-refractivity contribution in [3.63, 3.8) is 0 Å². The smallest absolute Gasteiger partial charge is 0.143 e. The van der Waals surface area contributed by atoms with Crippen molar-refractivity contribution in [2.24, 2.45) is 0 Å². The van der Waals surface area contributed by atoms with Crippen molar-refractivity contribution in [1.82, 2.24) is 0 Å². The van der Waals surface area contributed by atoms with Gasteiger partial charge in [0.05, 0.1) is 19.2 Å². The van der Waals surface area contributed by atoms with Crippen LogP contribution in [0, 0.1) is 0 Å². The van der Waals surface area contributed by atoms with Crippen molar-refractivity contribution < 1.29 is 23.6 Å². The number of rotatable bonds is 4. The molecular weight excluding hydrogens is 544 g/mol. The molecule has 0 saturated carbocycles. The third-order valence-corrected chi connectivity index (χ3v) is 8.11. The normalized spacial score (nSPS) is 15.9. The van der Waals surface area contributed by atoms with E-state index in [0.717, 1.165) is 27.3 Å². The molecule has 0 aliphatic carbocycles. The Bertz CT molecular complexity index is 3190. The molecule has 0 bridgehead atoms. The minimum Gasteiger partial charge on any atom is -0.455 e. The second kappa shape index (κ2) is 10.4. The first-order valence-corrected chi connectivity index (χ1v) is 14.3. The van der Waals surface area contributed by atoms with Gasteiger partial charge in [-0.15, -0.1) is 0 Å². The summed E-state index contributed by atoms with van der Waals surface area (Å²) in [5.41, 5.74) is 2.39. The van der Waals surface area contributed by atoms with Crippen molar-refractivity contribution in [1.29, 1.82) is 0 Å². The molecule has 1 aromatic heterocycles. The largest absolute Gasteiger partial charge is 0.455 e. The average Bonchev–Trinajstić information content (AvgIpc) is 3.62. The summed E-state index contributed by atoms with van der Waals surface area (Å²) < 4.78 is 126. The van der Waals surface area contributed by atoms with Crippen molar-refractivity contribution in [2.75, 3.05) is 0 Å². The number of benzene rings is 8. The van der Waals surface area contributed by atoms with E-state index in [-0.39, 0.29) is 28.8 Å². The van der Waals surface area contributed by atoms with Crippen LogP contribution in [-0.2, 0) is 0 Å². The molecule has 9 aromatic rings. The van der Waals surface area contributed by atoms with Crippen molar-refractivity contribution in [3.05, 3.63) is 170 Å². The molecule has 0 radical (unpaired) electrons. The highest BCUT2D eigenvalue weighted by atomic mass is 16.3. The van der Waals surface area contributed by atoms with E-state index >= 15 is 0 Å². The SMILES string of the molecule is [2H]c1c([2H])c([2H])c(-c2c([2H])c([2H])c(-c3c4ccccc4c(-c4ccc5c(c4)oc4c(-c6c([2H])c([2H])c([2H])c([2H])c6[2H])cccc45)c4ccccc34)c([2H])c2[2H])c([2H])c1[2H]. The molecule has 0 aliphatic heterocycles. The van der Waals surface area contributed by atoms with E-state index in [1.54, 1.807) is 12.1 Å². The van der Waals surface area contributed by atoms with Crippen molar-refractivity contribution in [3.8, 4) is 44.5 Å². The van der Waals surface area contributed by atoms with Gasteiger partial charge in [-0.1, -0.05) is 157 Å². The minimum atomic E-state index is -0.648. The number of furan rings is 1. The number of hydrogen-bond acceptors (Lipinski definition) is 1. The van der Waals surface area contributed by atoms with Crippen molar-refractivity contribution in [2.45, 2.75) is 0 Å². The molecule has 0 fully saturated rings. The Morgan fingerprint density at radius 2 is 0.889 bits per heavy atom. The maximum atomic E-state index is 9.29. The van der Waals surface area contributed by atoms with E-state index in [2.05, 4.69) is 0 Å². The maximum absolute atomic E-state index is 9.29. The molecule has 0 N–H and O–H groups in total. The van der Waals surface area contributed by atoms with Crippen LogP contribution in [0.15, 0.2) is 174 Å². The Morgan fingerprint density at radius 3 is 1.51 bits per heavy atom. The van der Waals surface area contributed by atoms with Gasteiger partial charge in [0.25, 0.3) is 0 Å². The van der Waals surface area contributed by atoms with Gasteiger partial charge < -0.3 is 4.42 Å². The number of hydrogen-bond donors (Lipinski definition) is 0. The first-order valence-electron chi connectivity index (χ1n) is 21.3. The first kappa shape index (κ1) is 15.2. The summed E-state index contributed by atoms with van der Waals surface area (Å²) in [6.45, 7) is 0. The highest BCUT2D eigenvalue weighted by molar-refractivity contribution is 6.22. The molecular formula is C44H28O. The van der Waals surface area contributed by atoms with Crippen molar-refractivity contribution >= 4 is 43.5 Å². The number of fused-ring (bicyclic) bond motifs is 5. The van der Waals surface area contributed by atoms with Crippen LogP contribution in [-0.4, -0.2) is 0 Å². The summed E-state index contributed by atoms with van der Waals surface area (Å²) >= 11 is 0. The van der Waals surface area contributed by atoms with Crippen LogP contribution in [0.3, 0.4) is 0 Å². The van der Waals surface area contributed by atoms with Crippen LogP contribution >= 0.6 is 0 Å². The average molecular weight is 587 g/mol. The van der Waals surface area contributed by atoms with E-state index in [4.69, 9.17) is 20.9 Å². The van der Waals surface area contributed by atoms with Crippen LogP contribution in [0.4, 0.5) is 0 Å². The molecule has 210 valence electrons. The Labute approximate surface area is 281 Å². The first-order chi connectivity index (χ1) is 28.1. The van der Waals surface area contributed by atoms with Gasteiger partial charge in [0, 0.05) is 16.3 Å². The van der Waals surface area contributed by atoms with Crippen LogP contribution < -0.4 is 0 Å². The summed E-state index contributed by atoms with van der Waals surface area (Å²) in [7, 11) is 0. The van der Waals surface area contributed by atoms with Gasteiger partial charge in [-0.05, 0) is 72.6 Å². The maximum Gasteiger partial charge on any atom is 0.143 e. The lowest BCUT2D eigenvalue weighted by atomic mass is 9.85. The Balaban J connectivity index is 1.30. The molecule has 0 unspecified atom stereocenters. The topological polar surface area (TPSA) is 13.1 Å². The molecule has 1 nitrogen and oxygen atoms in total. The zero-order chi connectivity index (χ0) is 41.9. The van der Waals surface area contributed by atoms with Crippen LogP contribution in [0.25, 0.3) is 88.0 Å². The fourth-order valence-electron chi connectivity index (χ4n) is 6.18. The molecule has 1 heteroatoms. The quantitative estimate of drug-likeness (QED) is 0.187. The van der Waals surface area contributed by atoms with Gasteiger partial charge in [0.1, 0.15) is 11.2 Å². The van der Waals surface area contributed by atoms with Crippen LogP contribution in [0.5, 0.6) is 0 Å². The molecule has 0 saturated heterocycles. The Hall–Kier alpha value is -5.92. The van der Waals surface area contributed by atoms with Gasteiger partial charge in [0.2, 0.25) is 0 Å². The molecule has 0 spiro atoms. The Morgan fingerprint density at radius 1 is 0.378 bits per heavy atom.